The summed E-state index contributed by atoms with van der Waals surface area (Å²) in [5.74, 6) is 0. The van der Waals surface area contributed by atoms with Crippen LogP contribution in [0.5, 0.6) is 0 Å². The average molecular weight is 561 g/mol. The van der Waals surface area contributed by atoms with Gasteiger partial charge in [-0.25, -0.2) is 0 Å². The van der Waals surface area contributed by atoms with Gasteiger partial charge in [0.25, 0.3) is 0 Å². The summed E-state index contributed by atoms with van der Waals surface area (Å²) in [7, 11) is 0. The minimum atomic E-state index is 0.904. The molecule has 0 atom stereocenters. The van der Waals surface area contributed by atoms with Crippen molar-refractivity contribution in [2.45, 2.75) is 0 Å². The fraction of sp³-hybridized carbons (Fsp3) is 0. The molecule has 0 amide bonds. The maximum atomic E-state index is 6.60. The Morgan fingerprint density at radius 2 is 0.750 bits per heavy atom. The standard InChI is InChI=1S/C42H24O2/c1-2-10-28-25(9-1)17-22-36-31-21-19-27(24-39(31)44-42(28)36)41-34-14-5-3-12-32(34)40(33-13-4-6-15-35(33)41)26-18-20-30-29-11-7-8-16-37(29)43-38(30)23-26/h1-24H. The van der Waals surface area contributed by atoms with Gasteiger partial charge in [-0.2, -0.15) is 0 Å². The predicted octanol–water partition coefficient (Wildman–Crippen LogP) is 12.3. The molecule has 0 aliphatic heterocycles. The lowest BCUT2D eigenvalue weighted by atomic mass is 9.85. The fourth-order valence-corrected chi connectivity index (χ4v) is 7.29. The first kappa shape index (κ1) is 23.7. The lowest BCUT2D eigenvalue weighted by molar-refractivity contribution is 0.669. The minimum Gasteiger partial charge on any atom is -0.456 e. The van der Waals surface area contributed by atoms with E-state index >= 15 is 0 Å². The summed E-state index contributed by atoms with van der Waals surface area (Å²) in [5.41, 5.74) is 8.41. The Hall–Kier alpha value is -5.86. The van der Waals surface area contributed by atoms with E-state index in [0.29, 0.717) is 0 Å². The topological polar surface area (TPSA) is 26.3 Å². The van der Waals surface area contributed by atoms with Crippen LogP contribution in [0.25, 0.3) is 98.4 Å². The number of benzene rings is 8. The number of furan rings is 2. The molecule has 0 unspecified atom stereocenters. The highest BCUT2D eigenvalue weighted by Gasteiger charge is 2.19. The van der Waals surface area contributed by atoms with E-state index in [4.69, 9.17) is 8.83 Å². The van der Waals surface area contributed by atoms with Crippen molar-refractivity contribution < 1.29 is 8.83 Å². The normalized spacial score (nSPS) is 12.1. The maximum absolute atomic E-state index is 6.60. The molecule has 0 fully saturated rings. The lowest BCUT2D eigenvalue weighted by Crippen LogP contribution is -1.90. The van der Waals surface area contributed by atoms with Gasteiger partial charge < -0.3 is 8.83 Å². The summed E-state index contributed by atoms with van der Waals surface area (Å²) in [6, 6.07) is 51.9. The van der Waals surface area contributed by atoms with Crippen molar-refractivity contribution in [2.24, 2.45) is 0 Å². The zero-order valence-electron chi connectivity index (χ0n) is 23.7. The first-order chi connectivity index (χ1) is 21.8. The first-order valence-electron chi connectivity index (χ1n) is 15.0. The summed E-state index contributed by atoms with van der Waals surface area (Å²) >= 11 is 0. The largest absolute Gasteiger partial charge is 0.456 e. The Morgan fingerprint density at radius 1 is 0.295 bits per heavy atom. The van der Waals surface area contributed by atoms with E-state index < -0.39 is 0 Å². The smallest absolute Gasteiger partial charge is 0.143 e. The van der Waals surface area contributed by atoms with E-state index in [0.717, 1.165) is 60.4 Å². The molecule has 204 valence electrons. The third-order valence-electron chi connectivity index (χ3n) is 9.25. The molecule has 0 bridgehead atoms. The molecular weight excluding hydrogens is 536 g/mol. The van der Waals surface area contributed by atoms with Crippen molar-refractivity contribution in [3.05, 3.63) is 146 Å². The number of hydrogen-bond donors (Lipinski definition) is 0. The van der Waals surface area contributed by atoms with E-state index in [-0.39, 0.29) is 0 Å². The molecule has 0 aliphatic carbocycles. The summed E-state index contributed by atoms with van der Waals surface area (Å²) in [6.07, 6.45) is 0. The minimum absolute atomic E-state index is 0.904. The molecule has 2 aromatic heterocycles. The van der Waals surface area contributed by atoms with Crippen molar-refractivity contribution in [2.75, 3.05) is 0 Å². The predicted molar refractivity (Wildman–Crippen MR) is 184 cm³/mol. The molecule has 2 nitrogen and oxygen atoms in total. The molecule has 2 heterocycles. The van der Waals surface area contributed by atoms with Crippen molar-refractivity contribution in [1.82, 2.24) is 0 Å². The van der Waals surface area contributed by atoms with Crippen LogP contribution in [0, 0.1) is 0 Å². The molecule has 0 spiro atoms. The zero-order chi connectivity index (χ0) is 28.8. The second kappa shape index (κ2) is 8.82. The Kier molecular flexibility index (Phi) is 4.75. The van der Waals surface area contributed by atoms with Crippen LogP contribution in [0.1, 0.15) is 0 Å². The van der Waals surface area contributed by atoms with Crippen molar-refractivity contribution in [3.8, 4) is 22.3 Å². The van der Waals surface area contributed by atoms with Gasteiger partial charge in [-0.3, -0.25) is 0 Å². The van der Waals surface area contributed by atoms with Crippen LogP contribution in [0.15, 0.2) is 154 Å². The third-order valence-corrected chi connectivity index (χ3v) is 9.25. The molecule has 10 aromatic rings. The van der Waals surface area contributed by atoms with Crippen LogP contribution in [0.4, 0.5) is 0 Å². The van der Waals surface area contributed by atoms with Gasteiger partial charge in [0.15, 0.2) is 0 Å². The van der Waals surface area contributed by atoms with E-state index in [2.05, 4.69) is 133 Å². The van der Waals surface area contributed by atoms with E-state index in [1.54, 1.807) is 0 Å². The number of para-hydroxylation sites is 1. The lowest BCUT2D eigenvalue weighted by Gasteiger charge is -2.17. The van der Waals surface area contributed by atoms with E-state index in [9.17, 15) is 0 Å². The van der Waals surface area contributed by atoms with Gasteiger partial charge >= 0.3 is 0 Å². The number of hydrogen-bond acceptors (Lipinski definition) is 2. The monoisotopic (exact) mass is 560 g/mol. The first-order valence-corrected chi connectivity index (χ1v) is 15.0. The fourth-order valence-electron chi connectivity index (χ4n) is 7.29. The quantitative estimate of drug-likeness (QED) is 0.197. The second-order valence-electron chi connectivity index (χ2n) is 11.6. The Morgan fingerprint density at radius 3 is 1.39 bits per heavy atom. The van der Waals surface area contributed by atoms with Gasteiger partial charge in [-0.05, 0) is 85.6 Å². The molecule has 0 saturated heterocycles. The third kappa shape index (κ3) is 3.25. The van der Waals surface area contributed by atoms with Gasteiger partial charge in [0, 0.05) is 26.9 Å². The Labute approximate surface area is 252 Å². The summed E-state index contributed by atoms with van der Waals surface area (Å²) in [5, 5.41) is 11.8. The highest BCUT2D eigenvalue weighted by atomic mass is 16.3. The van der Waals surface area contributed by atoms with Gasteiger partial charge in [-0.15, -0.1) is 0 Å². The van der Waals surface area contributed by atoms with Crippen molar-refractivity contribution >= 4 is 76.2 Å². The SMILES string of the molecule is c1ccc2c(c1)ccc1c3ccc(-c4c5ccccc5c(-c5ccc6c(c5)oc5ccccc56)c5ccccc45)cc3oc21. The zero-order valence-corrected chi connectivity index (χ0v) is 23.7. The molecule has 10 rings (SSSR count). The molecular formula is C42H24O2. The summed E-state index contributed by atoms with van der Waals surface area (Å²) in [4.78, 5) is 0. The average Bonchev–Trinajstić information content (AvgIpc) is 3.65. The van der Waals surface area contributed by atoms with Crippen LogP contribution in [-0.4, -0.2) is 0 Å². The molecule has 0 saturated carbocycles. The van der Waals surface area contributed by atoms with E-state index in [1.807, 2.05) is 12.1 Å². The van der Waals surface area contributed by atoms with Gasteiger partial charge in [-0.1, -0.05) is 109 Å². The van der Waals surface area contributed by atoms with Crippen LogP contribution in [0.3, 0.4) is 0 Å². The van der Waals surface area contributed by atoms with Crippen molar-refractivity contribution in [3.63, 3.8) is 0 Å². The molecule has 8 aromatic carbocycles. The molecule has 0 N–H and O–H groups in total. The van der Waals surface area contributed by atoms with Crippen molar-refractivity contribution in [1.29, 1.82) is 0 Å². The molecule has 0 radical (unpaired) electrons. The number of fused-ring (bicyclic) bond motifs is 10. The molecule has 2 heteroatoms. The Balaban J connectivity index is 1.25. The van der Waals surface area contributed by atoms with Crippen LogP contribution < -0.4 is 0 Å². The van der Waals surface area contributed by atoms with Crippen LogP contribution in [-0.2, 0) is 0 Å². The van der Waals surface area contributed by atoms with E-state index in [1.165, 1.54) is 38.1 Å². The Bertz CT molecular complexity index is 2720. The summed E-state index contributed by atoms with van der Waals surface area (Å²) < 4.78 is 12.9. The van der Waals surface area contributed by atoms with Gasteiger partial charge in [0.2, 0.25) is 0 Å². The number of rotatable bonds is 2. The molecule has 0 aliphatic rings. The maximum Gasteiger partial charge on any atom is 0.143 e. The highest BCUT2D eigenvalue weighted by Crippen LogP contribution is 2.45. The van der Waals surface area contributed by atoms with Gasteiger partial charge in [0.05, 0.1) is 0 Å². The second-order valence-corrected chi connectivity index (χ2v) is 11.6. The van der Waals surface area contributed by atoms with Crippen LogP contribution in [0.2, 0.25) is 0 Å². The highest BCUT2D eigenvalue weighted by molar-refractivity contribution is 6.23. The molecule has 44 heavy (non-hydrogen) atoms. The van der Waals surface area contributed by atoms with Crippen LogP contribution >= 0.6 is 0 Å². The summed E-state index contributed by atoms with van der Waals surface area (Å²) in [6.45, 7) is 0. The van der Waals surface area contributed by atoms with Gasteiger partial charge in [0.1, 0.15) is 22.3 Å².